The Bertz CT molecular complexity index is 561. The molecule has 0 saturated carbocycles. The van der Waals surface area contributed by atoms with Crippen molar-refractivity contribution in [2.24, 2.45) is 0 Å². The lowest BCUT2D eigenvalue weighted by Gasteiger charge is -2.21. The summed E-state index contributed by atoms with van der Waals surface area (Å²) in [6, 6.07) is 8.41. The largest absolute Gasteiger partial charge is 0.374 e. The number of rotatable bonds is 7. The minimum atomic E-state index is -0.460. The van der Waals surface area contributed by atoms with E-state index in [2.05, 4.69) is 21.2 Å². The number of carbonyl (C=O) groups is 1. The van der Waals surface area contributed by atoms with Gasteiger partial charge in [-0.3, -0.25) is 4.79 Å². The summed E-state index contributed by atoms with van der Waals surface area (Å²) < 4.78 is 14.2. The molecule has 0 fully saturated rings. The highest BCUT2D eigenvalue weighted by Gasteiger charge is 2.13. The molecule has 0 aliphatic carbocycles. The highest BCUT2D eigenvalue weighted by Crippen LogP contribution is 2.19. The van der Waals surface area contributed by atoms with Gasteiger partial charge in [0.1, 0.15) is 5.82 Å². The van der Waals surface area contributed by atoms with Crippen molar-refractivity contribution in [3.05, 3.63) is 28.5 Å². The van der Waals surface area contributed by atoms with Crippen LogP contribution in [0.2, 0.25) is 0 Å². The zero-order valence-corrected chi connectivity index (χ0v) is 12.9. The zero-order valence-electron chi connectivity index (χ0n) is 11.3. The normalized spacial score (nSPS) is 9.52. The van der Waals surface area contributed by atoms with Gasteiger partial charge in [0.2, 0.25) is 5.91 Å². The molecule has 7 heteroatoms. The number of halogens is 2. The zero-order chi connectivity index (χ0) is 15.7. The SMILES string of the molecule is N#CCCN(CCC#N)C(=O)CNc1ccc(Br)cc1F. The van der Waals surface area contributed by atoms with Crippen LogP contribution in [0.15, 0.2) is 22.7 Å². The van der Waals surface area contributed by atoms with E-state index in [4.69, 9.17) is 10.5 Å². The smallest absolute Gasteiger partial charge is 0.241 e. The standard InChI is InChI=1S/C14H14BrFN4O/c15-11-3-4-13(12(16)9-11)19-10-14(21)20(7-1-5-17)8-2-6-18/h3-4,9,19H,1-2,7-8,10H2. The maximum Gasteiger partial charge on any atom is 0.241 e. The van der Waals surface area contributed by atoms with Gasteiger partial charge in [-0.1, -0.05) is 15.9 Å². The lowest BCUT2D eigenvalue weighted by Crippen LogP contribution is -2.37. The number of benzene rings is 1. The number of anilines is 1. The molecule has 1 aromatic carbocycles. The first-order chi connectivity index (χ1) is 10.1. The molecule has 0 bridgehead atoms. The first-order valence-electron chi connectivity index (χ1n) is 6.29. The van der Waals surface area contributed by atoms with Crippen LogP contribution in [0.3, 0.4) is 0 Å². The molecule has 0 saturated heterocycles. The minimum absolute atomic E-state index is 0.0879. The molecule has 0 aromatic heterocycles. The Balaban J connectivity index is 2.60. The van der Waals surface area contributed by atoms with Gasteiger partial charge in [0.15, 0.2) is 0 Å². The van der Waals surface area contributed by atoms with E-state index < -0.39 is 5.82 Å². The van der Waals surface area contributed by atoms with Crippen molar-refractivity contribution in [3.8, 4) is 12.1 Å². The second kappa shape index (κ2) is 8.93. The average Bonchev–Trinajstić information content (AvgIpc) is 2.46. The fraction of sp³-hybridized carbons (Fsp3) is 0.357. The van der Waals surface area contributed by atoms with Gasteiger partial charge in [-0.2, -0.15) is 10.5 Å². The number of nitriles is 2. The van der Waals surface area contributed by atoms with Crippen LogP contribution < -0.4 is 5.32 Å². The Morgan fingerprint density at radius 2 is 1.90 bits per heavy atom. The highest BCUT2D eigenvalue weighted by molar-refractivity contribution is 9.10. The summed E-state index contributed by atoms with van der Waals surface area (Å²) in [5.41, 5.74) is 0.229. The number of carbonyl (C=O) groups excluding carboxylic acids is 1. The molecular weight excluding hydrogens is 339 g/mol. The average molecular weight is 353 g/mol. The van der Waals surface area contributed by atoms with E-state index in [1.54, 1.807) is 6.07 Å². The van der Waals surface area contributed by atoms with Crippen LogP contribution in [0.1, 0.15) is 12.8 Å². The Labute approximate surface area is 131 Å². The van der Waals surface area contributed by atoms with Crippen molar-refractivity contribution in [1.82, 2.24) is 4.90 Å². The van der Waals surface area contributed by atoms with E-state index >= 15 is 0 Å². The van der Waals surface area contributed by atoms with Crippen LogP contribution in [0.5, 0.6) is 0 Å². The minimum Gasteiger partial charge on any atom is -0.374 e. The third-order valence-electron chi connectivity index (χ3n) is 2.70. The quantitative estimate of drug-likeness (QED) is 0.817. The predicted molar refractivity (Wildman–Crippen MR) is 79.6 cm³/mol. The molecule has 110 valence electrons. The number of nitrogens with one attached hydrogen (secondary N) is 1. The van der Waals surface area contributed by atoms with Crippen molar-refractivity contribution in [2.45, 2.75) is 12.8 Å². The van der Waals surface area contributed by atoms with Crippen molar-refractivity contribution in [2.75, 3.05) is 25.0 Å². The summed E-state index contributed by atoms with van der Waals surface area (Å²) in [6.07, 6.45) is 0.396. The van der Waals surface area contributed by atoms with Crippen LogP contribution in [0.4, 0.5) is 10.1 Å². The van der Waals surface area contributed by atoms with Gasteiger partial charge in [-0.25, -0.2) is 4.39 Å². The van der Waals surface area contributed by atoms with Crippen LogP contribution in [-0.4, -0.2) is 30.4 Å². The maximum atomic E-state index is 13.6. The molecule has 0 atom stereocenters. The molecule has 5 nitrogen and oxygen atoms in total. The molecule has 0 aliphatic heterocycles. The molecular formula is C14H14BrFN4O. The van der Waals surface area contributed by atoms with E-state index in [1.807, 2.05) is 12.1 Å². The Hall–Kier alpha value is -2.12. The Morgan fingerprint density at radius 3 is 2.43 bits per heavy atom. The molecule has 0 aliphatic rings. The van der Waals surface area contributed by atoms with Gasteiger partial charge in [-0.05, 0) is 18.2 Å². The monoisotopic (exact) mass is 352 g/mol. The summed E-state index contributed by atoms with van der Waals surface area (Å²) in [5, 5.41) is 19.9. The van der Waals surface area contributed by atoms with E-state index in [1.165, 1.54) is 17.0 Å². The molecule has 1 rings (SSSR count). The molecule has 0 spiro atoms. The van der Waals surface area contributed by atoms with E-state index in [0.717, 1.165) is 0 Å². The maximum absolute atomic E-state index is 13.6. The topological polar surface area (TPSA) is 79.9 Å². The first-order valence-corrected chi connectivity index (χ1v) is 7.08. The third-order valence-corrected chi connectivity index (χ3v) is 3.19. The third kappa shape index (κ3) is 5.80. The van der Waals surface area contributed by atoms with Crippen molar-refractivity contribution in [3.63, 3.8) is 0 Å². The number of hydrogen-bond donors (Lipinski definition) is 1. The lowest BCUT2D eigenvalue weighted by atomic mass is 10.3. The molecule has 1 amide bonds. The van der Waals surface area contributed by atoms with E-state index in [-0.39, 0.29) is 44.1 Å². The summed E-state index contributed by atoms with van der Waals surface area (Å²) in [5.74, 6) is -0.736. The van der Waals surface area contributed by atoms with Crippen LogP contribution in [-0.2, 0) is 4.79 Å². The van der Waals surface area contributed by atoms with E-state index in [0.29, 0.717) is 4.47 Å². The van der Waals surface area contributed by atoms with Crippen molar-refractivity contribution >= 4 is 27.5 Å². The second-order valence-electron chi connectivity index (χ2n) is 4.17. The summed E-state index contributed by atoms with van der Waals surface area (Å²) in [7, 11) is 0. The van der Waals surface area contributed by atoms with Crippen molar-refractivity contribution < 1.29 is 9.18 Å². The first kappa shape index (κ1) is 16.9. The molecule has 1 N–H and O–H groups in total. The van der Waals surface area contributed by atoms with E-state index in [9.17, 15) is 9.18 Å². The van der Waals surface area contributed by atoms with Gasteiger partial charge < -0.3 is 10.2 Å². The fourth-order valence-electron chi connectivity index (χ4n) is 1.65. The lowest BCUT2D eigenvalue weighted by molar-refractivity contribution is -0.129. The van der Waals surface area contributed by atoms with Gasteiger partial charge in [0.05, 0.1) is 37.2 Å². The molecule has 0 heterocycles. The van der Waals surface area contributed by atoms with Gasteiger partial charge in [-0.15, -0.1) is 0 Å². The number of hydrogen-bond acceptors (Lipinski definition) is 4. The molecule has 0 radical (unpaired) electrons. The molecule has 1 aromatic rings. The number of amides is 1. The van der Waals surface area contributed by atoms with Crippen LogP contribution >= 0.6 is 15.9 Å². The number of nitrogens with zero attached hydrogens (tertiary/aromatic N) is 3. The predicted octanol–water partition coefficient (Wildman–Crippen LogP) is 2.66. The second-order valence-corrected chi connectivity index (χ2v) is 5.09. The van der Waals surface area contributed by atoms with Gasteiger partial charge in [0, 0.05) is 17.6 Å². The fourth-order valence-corrected chi connectivity index (χ4v) is 1.98. The molecule has 0 unspecified atom stereocenters. The van der Waals surface area contributed by atoms with Crippen molar-refractivity contribution in [1.29, 1.82) is 10.5 Å². The Morgan fingerprint density at radius 1 is 1.29 bits per heavy atom. The summed E-state index contributed by atoms with van der Waals surface area (Å²) in [4.78, 5) is 13.4. The van der Waals surface area contributed by atoms with Crippen LogP contribution in [0, 0.1) is 28.5 Å². The Kier molecular flexibility index (Phi) is 7.20. The highest BCUT2D eigenvalue weighted by atomic mass is 79.9. The van der Waals surface area contributed by atoms with Crippen LogP contribution in [0.25, 0.3) is 0 Å². The van der Waals surface area contributed by atoms with Gasteiger partial charge in [0.25, 0.3) is 0 Å². The summed E-state index contributed by atoms with van der Waals surface area (Å²) in [6.45, 7) is 0.443. The van der Waals surface area contributed by atoms with Gasteiger partial charge >= 0.3 is 0 Å². The molecule has 21 heavy (non-hydrogen) atoms. The summed E-state index contributed by atoms with van der Waals surface area (Å²) >= 11 is 3.15.